The molecule has 0 saturated heterocycles. The summed E-state index contributed by atoms with van der Waals surface area (Å²) in [5.41, 5.74) is 9.41. The molecule has 0 spiro atoms. The second-order valence-electron chi connectivity index (χ2n) is 6.39. The van der Waals surface area contributed by atoms with Crippen LogP contribution in [0.25, 0.3) is 10.2 Å². The molecule has 2 aromatic carbocycles. The molecule has 136 valence electrons. The number of aromatic nitrogens is 1. The summed E-state index contributed by atoms with van der Waals surface area (Å²) in [6.45, 7) is 6.16. The van der Waals surface area contributed by atoms with E-state index in [1.807, 2.05) is 31.2 Å². The molecule has 3 N–H and O–H groups in total. The van der Waals surface area contributed by atoms with E-state index in [1.54, 1.807) is 0 Å². The number of carbonyl (C=O) groups excluding carboxylic acids is 1. The van der Waals surface area contributed by atoms with Crippen LogP contribution in [0.4, 0.5) is 10.8 Å². The topological polar surface area (TPSA) is 77.2 Å². The second kappa shape index (κ2) is 7.63. The third-order valence-corrected chi connectivity index (χ3v) is 5.33. The van der Waals surface area contributed by atoms with Crippen LogP contribution in [-0.4, -0.2) is 17.5 Å². The summed E-state index contributed by atoms with van der Waals surface area (Å²) in [7, 11) is 0. The largest absolute Gasteiger partial charge is 0.483 e. The molecule has 5 nitrogen and oxygen atoms in total. The molecule has 0 bridgehead atoms. The van der Waals surface area contributed by atoms with Crippen LogP contribution in [0, 0.1) is 6.92 Å². The molecule has 0 aliphatic carbocycles. The molecule has 1 aromatic heterocycles. The fourth-order valence-electron chi connectivity index (χ4n) is 2.66. The number of benzene rings is 2. The number of nitrogens with zero attached hydrogens (tertiary/aromatic N) is 1. The second-order valence-corrected chi connectivity index (χ2v) is 8.31. The average Bonchev–Trinajstić information content (AvgIpc) is 2.93. The molecule has 26 heavy (non-hydrogen) atoms. The number of halogens is 1. The highest BCUT2D eigenvalue weighted by Crippen LogP contribution is 2.33. The molecule has 3 rings (SSSR count). The molecule has 0 saturated carbocycles. The van der Waals surface area contributed by atoms with E-state index in [4.69, 9.17) is 10.5 Å². The smallest absolute Gasteiger partial charge is 0.262 e. The van der Waals surface area contributed by atoms with Crippen molar-refractivity contribution in [3.05, 3.63) is 45.9 Å². The van der Waals surface area contributed by atoms with Gasteiger partial charge in [-0.25, -0.2) is 4.98 Å². The molecule has 0 aliphatic rings. The monoisotopic (exact) mass is 433 g/mol. The SMILES string of the molecule is Cc1ccc(C(C)C)c(OCC(=O)Nc2cc(Br)c3nc(N)sc3c2)c1. The molecule has 0 radical (unpaired) electrons. The molecule has 0 fully saturated rings. The number of rotatable bonds is 5. The van der Waals surface area contributed by atoms with Gasteiger partial charge in [0.25, 0.3) is 5.91 Å². The van der Waals surface area contributed by atoms with Gasteiger partial charge in [0.05, 0.1) is 10.2 Å². The third-order valence-electron chi connectivity index (χ3n) is 3.90. The molecular formula is C19H20BrN3O2S. The van der Waals surface area contributed by atoms with Crippen molar-refractivity contribution in [1.82, 2.24) is 4.98 Å². The zero-order valence-corrected chi connectivity index (χ0v) is 17.2. The summed E-state index contributed by atoms with van der Waals surface area (Å²) < 4.78 is 7.48. The number of thiazole rings is 1. The lowest BCUT2D eigenvalue weighted by molar-refractivity contribution is -0.118. The maximum atomic E-state index is 12.3. The molecule has 3 aromatic rings. The lowest BCUT2D eigenvalue weighted by Crippen LogP contribution is -2.20. The van der Waals surface area contributed by atoms with Gasteiger partial charge in [-0.2, -0.15) is 0 Å². The average molecular weight is 434 g/mol. The standard InChI is InChI=1S/C19H20BrN3O2S/c1-10(2)13-5-4-11(3)6-15(13)25-9-17(24)22-12-7-14(20)18-16(8-12)26-19(21)23-18/h4-8,10H,9H2,1-3H3,(H2,21,23)(H,22,24). The summed E-state index contributed by atoms with van der Waals surface area (Å²) in [6, 6.07) is 9.73. The van der Waals surface area contributed by atoms with Crippen LogP contribution >= 0.6 is 27.3 Å². The minimum atomic E-state index is -0.218. The van der Waals surface area contributed by atoms with Crippen LogP contribution in [0.3, 0.4) is 0 Å². The summed E-state index contributed by atoms with van der Waals surface area (Å²) >= 11 is 4.84. The Balaban J connectivity index is 1.71. The molecule has 1 amide bonds. The normalized spacial score (nSPS) is 11.1. The highest BCUT2D eigenvalue weighted by molar-refractivity contribution is 9.10. The van der Waals surface area contributed by atoms with Crippen LogP contribution in [0.1, 0.15) is 30.9 Å². The molecule has 7 heteroatoms. The van der Waals surface area contributed by atoms with Crippen molar-refractivity contribution in [1.29, 1.82) is 0 Å². The van der Waals surface area contributed by atoms with Gasteiger partial charge in [0, 0.05) is 10.2 Å². The zero-order chi connectivity index (χ0) is 18.8. The quantitative estimate of drug-likeness (QED) is 0.587. The van der Waals surface area contributed by atoms with Crippen molar-refractivity contribution in [2.24, 2.45) is 0 Å². The fourth-order valence-corrected chi connectivity index (χ4v) is 4.14. The number of anilines is 2. The number of nitrogens with two attached hydrogens (primary N) is 1. The van der Waals surface area contributed by atoms with Crippen LogP contribution in [0.5, 0.6) is 5.75 Å². The number of hydrogen-bond donors (Lipinski definition) is 2. The number of aryl methyl sites for hydroxylation is 1. The van der Waals surface area contributed by atoms with Crippen molar-refractivity contribution >= 4 is 54.2 Å². The lowest BCUT2D eigenvalue weighted by Gasteiger charge is -2.15. The van der Waals surface area contributed by atoms with E-state index in [-0.39, 0.29) is 12.5 Å². The number of ether oxygens (including phenoxy) is 1. The zero-order valence-electron chi connectivity index (χ0n) is 14.8. The van der Waals surface area contributed by atoms with E-state index < -0.39 is 0 Å². The molecule has 0 aliphatic heterocycles. The number of nitrogen functional groups attached to an aromatic ring is 1. The third kappa shape index (κ3) is 4.16. The number of hydrogen-bond acceptors (Lipinski definition) is 5. The fraction of sp³-hybridized carbons (Fsp3) is 0.263. The Morgan fingerprint density at radius 3 is 2.85 bits per heavy atom. The Hall–Kier alpha value is -2.12. The van der Waals surface area contributed by atoms with Crippen molar-refractivity contribution in [3.63, 3.8) is 0 Å². The minimum absolute atomic E-state index is 0.0519. The van der Waals surface area contributed by atoms with Crippen molar-refractivity contribution < 1.29 is 9.53 Å². The predicted molar refractivity (Wildman–Crippen MR) is 111 cm³/mol. The van der Waals surface area contributed by atoms with E-state index in [0.717, 1.165) is 31.6 Å². The Bertz CT molecular complexity index is 969. The number of carbonyl (C=O) groups is 1. The van der Waals surface area contributed by atoms with Crippen LogP contribution < -0.4 is 15.8 Å². The van der Waals surface area contributed by atoms with Gasteiger partial charge in [-0.15, -0.1) is 0 Å². The van der Waals surface area contributed by atoms with E-state index in [0.29, 0.717) is 16.7 Å². The first-order valence-electron chi connectivity index (χ1n) is 8.22. The van der Waals surface area contributed by atoms with Gasteiger partial charge in [0.15, 0.2) is 11.7 Å². The maximum Gasteiger partial charge on any atom is 0.262 e. The summed E-state index contributed by atoms with van der Waals surface area (Å²) in [4.78, 5) is 16.6. The van der Waals surface area contributed by atoms with Gasteiger partial charge in [0.2, 0.25) is 0 Å². The van der Waals surface area contributed by atoms with Gasteiger partial charge in [-0.3, -0.25) is 4.79 Å². The van der Waals surface area contributed by atoms with Gasteiger partial charge in [0.1, 0.15) is 5.75 Å². The molecular weight excluding hydrogens is 414 g/mol. The van der Waals surface area contributed by atoms with Gasteiger partial charge in [-0.1, -0.05) is 37.3 Å². The number of fused-ring (bicyclic) bond motifs is 1. The van der Waals surface area contributed by atoms with Gasteiger partial charge in [-0.05, 0) is 58.1 Å². The summed E-state index contributed by atoms with van der Waals surface area (Å²) in [6.07, 6.45) is 0. The Morgan fingerprint density at radius 2 is 2.12 bits per heavy atom. The highest BCUT2D eigenvalue weighted by Gasteiger charge is 2.12. The predicted octanol–water partition coefficient (Wildman–Crippen LogP) is 5.09. The van der Waals surface area contributed by atoms with Gasteiger partial charge < -0.3 is 15.8 Å². The maximum absolute atomic E-state index is 12.3. The van der Waals surface area contributed by atoms with Crippen molar-refractivity contribution in [2.45, 2.75) is 26.7 Å². The first-order chi connectivity index (χ1) is 12.3. The molecule has 0 atom stereocenters. The van der Waals surface area contributed by atoms with E-state index in [1.165, 1.54) is 11.3 Å². The minimum Gasteiger partial charge on any atom is -0.483 e. The van der Waals surface area contributed by atoms with E-state index in [2.05, 4.69) is 46.1 Å². The van der Waals surface area contributed by atoms with Crippen LogP contribution in [0.2, 0.25) is 0 Å². The van der Waals surface area contributed by atoms with Crippen LogP contribution in [-0.2, 0) is 4.79 Å². The Kier molecular flexibility index (Phi) is 5.48. The molecule has 0 unspecified atom stereocenters. The van der Waals surface area contributed by atoms with E-state index in [9.17, 15) is 4.79 Å². The Labute approximate surface area is 164 Å². The highest BCUT2D eigenvalue weighted by atomic mass is 79.9. The number of nitrogens with one attached hydrogen (secondary N) is 1. The summed E-state index contributed by atoms with van der Waals surface area (Å²) in [5.74, 6) is 0.857. The lowest BCUT2D eigenvalue weighted by atomic mass is 10.0. The Morgan fingerprint density at radius 1 is 1.35 bits per heavy atom. The van der Waals surface area contributed by atoms with Crippen molar-refractivity contribution in [2.75, 3.05) is 17.7 Å². The van der Waals surface area contributed by atoms with Crippen molar-refractivity contribution in [3.8, 4) is 5.75 Å². The van der Waals surface area contributed by atoms with Gasteiger partial charge >= 0.3 is 0 Å². The summed E-state index contributed by atoms with van der Waals surface area (Å²) in [5, 5.41) is 3.36. The van der Waals surface area contributed by atoms with Crippen LogP contribution in [0.15, 0.2) is 34.8 Å². The van der Waals surface area contributed by atoms with E-state index >= 15 is 0 Å². The number of amides is 1. The molecule has 1 heterocycles. The first kappa shape index (κ1) is 18.7. The first-order valence-corrected chi connectivity index (χ1v) is 9.83.